The van der Waals surface area contributed by atoms with Crippen molar-refractivity contribution in [3.63, 3.8) is 0 Å². The monoisotopic (exact) mass is 609 g/mol. The lowest BCUT2D eigenvalue weighted by atomic mass is 9.88. The molecule has 0 unspecified atom stereocenters. The Hall–Kier alpha value is -5.03. The van der Waals surface area contributed by atoms with Crippen LogP contribution in [0.5, 0.6) is 0 Å². The third-order valence-electron chi connectivity index (χ3n) is 8.98. The van der Waals surface area contributed by atoms with Gasteiger partial charge in [-0.05, 0) is 83.1 Å². The number of benzene rings is 7. The summed E-state index contributed by atoms with van der Waals surface area (Å²) >= 11 is 0. The third-order valence-corrected chi connectivity index (χ3v) is 13.3. The van der Waals surface area contributed by atoms with Crippen LogP contribution in [0, 0.1) is 0 Å². The maximum atomic E-state index is 2.49. The van der Waals surface area contributed by atoms with Gasteiger partial charge >= 0.3 is 0 Å². The molecule has 7 aromatic rings. The summed E-state index contributed by atoms with van der Waals surface area (Å²) in [5.74, 6) is 0. The zero-order valence-corrected chi connectivity index (χ0v) is 26.9. The minimum absolute atomic E-state index is 0.870. The Labute approximate surface area is 274 Å². The van der Waals surface area contributed by atoms with Crippen molar-refractivity contribution in [3.05, 3.63) is 228 Å². The molecule has 0 aliphatic carbocycles. The normalized spacial score (nSPS) is 11.3. The Kier molecular flexibility index (Phi) is 9.00. The summed E-state index contributed by atoms with van der Waals surface area (Å²) in [6.07, 6.45) is 2.66. The standard InChI is InChI=1S/C45H38P/c1-7-19-36(20-8-1)33-39-31-32-45(44(35-38-23-11-3-12-24-38)43(39)34-37-21-9-2-10-22-37)46(40-25-13-4-14-26-40,41-27-15-5-16-28-41)42-29-17-6-18-30-42/h1-32H,33-35H2/q+1. The molecule has 0 amide bonds. The van der Waals surface area contributed by atoms with Crippen LogP contribution in [0.25, 0.3) is 0 Å². The van der Waals surface area contributed by atoms with Gasteiger partial charge in [0.05, 0.1) is 0 Å². The lowest BCUT2D eigenvalue weighted by molar-refractivity contribution is 1.04. The molecule has 46 heavy (non-hydrogen) atoms. The molecule has 0 aliphatic rings. The topological polar surface area (TPSA) is 0 Å². The summed E-state index contributed by atoms with van der Waals surface area (Å²) in [7, 11) is -2.31. The fourth-order valence-electron chi connectivity index (χ4n) is 6.86. The van der Waals surface area contributed by atoms with E-state index in [9.17, 15) is 0 Å². The highest BCUT2D eigenvalue weighted by Crippen LogP contribution is 2.55. The first-order valence-electron chi connectivity index (χ1n) is 16.1. The Bertz CT molecular complexity index is 1870. The van der Waals surface area contributed by atoms with Gasteiger partial charge in [0.2, 0.25) is 0 Å². The van der Waals surface area contributed by atoms with Crippen LogP contribution in [0.2, 0.25) is 0 Å². The highest BCUT2D eigenvalue weighted by Gasteiger charge is 2.49. The number of hydrogen-bond acceptors (Lipinski definition) is 0. The zero-order valence-electron chi connectivity index (χ0n) is 26.0. The van der Waals surface area contributed by atoms with E-state index in [1.807, 2.05) is 0 Å². The van der Waals surface area contributed by atoms with Crippen LogP contribution < -0.4 is 21.2 Å². The minimum atomic E-state index is -2.31. The zero-order chi connectivity index (χ0) is 31.0. The molecule has 0 bridgehead atoms. The van der Waals surface area contributed by atoms with Gasteiger partial charge in [-0.25, -0.2) is 0 Å². The fraction of sp³-hybridized carbons (Fsp3) is 0.0667. The number of rotatable bonds is 10. The predicted molar refractivity (Wildman–Crippen MR) is 199 cm³/mol. The average Bonchev–Trinajstić information content (AvgIpc) is 3.13. The van der Waals surface area contributed by atoms with Gasteiger partial charge in [0.1, 0.15) is 28.5 Å². The minimum Gasteiger partial charge on any atom is -0.0622 e. The van der Waals surface area contributed by atoms with E-state index < -0.39 is 7.26 Å². The molecule has 0 saturated carbocycles. The Morgan fingerprint density at radius 1 is 0.283 bits per heavy atom. The summed E-state index contributed by atoms with van der Waals surface area (Å²) in [6.45, 7) is 0. The molecule has 222 valence electrons. The van der Waals surface area contributed by atoms with E-state index in [1.165, 1.54) is 54.6 Å². The molecule has 0 nitrogen and oxygen atoms in total. The van der Waals surface area contributed by atoms with Crippen LogP contribution in [0.3, 0.4) is 0 Å². The second kappa shape index (κ2) is 13.9. The molecule has 0 spiro atoms. The highest BCUT2D eigenvalue weighted by molar-refractivity contribution is 8.01. The van der Waals surface area contributed by atoms with Crippen molar-refractivity contribution in [2.75, 3.05) is 0 Å². The fourth-order valence-corrected chi connectivity index (χ4v) is 11.4. The van der Waals surface area contributed by atoms with E-state index in [1.54, 1.807) is 0 Å². The molecule has 0 aliphatic heterocycles. The van der Waals surface area contributed by atoms with Crippen LogP contribution >= 0.6 is 7.26 Å². The maximum absolute atomic E-state index is 2.49. The van der Waals surface area contributed by atoms with E-state index in [2.05, 4.69) is 194 Å². The van der Waals surface area contributed by atoms with Crippen LogP contribution in [0.15, 0.2) is 194 Å². The Morgan fingerprint density at radius 2 is 0.609 bits per heavy atom. The summed E-state index contributed by atoms with van der Waals surface area (Å²) in [5.41, 5.74) is 8.31. The second-order valence-electron chi connectivity index (χ2n) is 11.9. The smallest absolute Gasteiger partial charge is 0.0622 e. The lowest BCUT2D eigenvalue weighted by Crippen LogP contribution is -2.40. The summed E-state index contributed by atoms with van der Waals surface area (Å²) in [5, 5.41) is 5.58. The van der Waals surface area contributed by atoms with Crippen LogP contribution in [0.4, 0.5) is 0 Å². The van der Waals surface area contributed by atoms with Gasteiger partial charge in [0, 0.05) is 12.0 Å². The van der Waals surface area contributed by atoms with Crippen molar-refractivity contribution in [1.82, 2.24) is 0 Å². The van der Waals surface area contributed by atoms with Crippen molar-refractivity contribution >= 4 is 28.5 Å². The molecule has 1 heteroatoms. The summed E-state index contributed by atoms with van der Waals surface area (Å²) in [6, 6.07) is 71.7. The molecule has 0 atom stereocenters. The van der Waals surface area contributed by atoms with Gasteiger partial charge in [0.25, 0.3) is 0 Å². The van der Waals surface area contributed by atoms with Gasteiger partial charge in [-0.2, -0.15) is 0 Å². The first-order valence-corrected chi connectivity index (χ1v) is 17.9. The van der Waals surface area contributed by atoms with Crippen molar-refractivity contribution in [3.8, 4) is 0 Å². The molecule has 0 radical (unpaired) electrons. The SMILES string of the molecule is c1ccc(Cc2ccc([P+](c3ccccc3)(c3ccccc3)c3ccccc3)c(Cc3ccccc3)c2Cc2ccccc2)cc1. The Balaban J connectivity index is 1.59. The molecule has 7 aromatic carbocycles. The quantitative estimate of drug-likeness (QED) is 0.136. The van der Waals surface area contributed by atoms with Gasteiger partial charge in [-0.1, -0.05) is 152 Å². The largest absolute Gasteiger partial charge is 0.144 e. The molecule has 0 fully saturated rings. The molecule has 0 N–H and O–H groups in total. The number of hydrogen-bond donors (Lipinski definition) is 0. The lowest BCUT2D eigenvalue weighted by Gasteiger charge is -2.31. The van der Waals surface area contributed by atoms with Crippen molar-refractivity contribution in [2.24, 2.45) is 0 Å². The van der Waals surface area contributed by atoms with Gasteiger partial charge < -0.3 is 0 Å². The summed E-state index contributed by atoms with van der Waals surface area (Å²) < 4.78 is 0. The predicted octanol–water partition coefficient (Wildman–Crippen LogP) is 9.08. The average molecular weight is 610 g/mol. The van der Waals surface area contributed by atoms with Gasteiger partial charge in [0.15, 0.2) is 0 Å². The molecule has 0 saturated heterocycles. The van der Waals surface area contributed by atoms with E-state index in [4.69, 9.17) is 0 Å². The van der Waals surface area contributed by atoms with Crippen LogP contribution in [-0.2, 0) is 19.3 Å². The van der Waals surface area contributed by atoms with Crippen molar-refractivity contribution < 1.29 is 0 Å². The van der Waals surface area contributed by atoms with E-state index in [0.717, 1.165) is 19.3 Å². The summed E-state index contributed by atoms with van der Waals surface area (Å²) in [4.78, 5) is 0. The van der Waals surface area contributed by atoms with Crippen LogP contribution in [-0.4, -0.2) is 0 Å². The highest BCUT2D eigenvalue weighted by atomic mass is 31.2. The molecular formula is C45H38P+. The van der Waals surface area contributed by atoms with E-state index in [-0.39, 0.29) is 0 Å². The van der Waals surface area contributed by atoms with Crippen molar-refractivity contribution in [2.45, 2.75) is 19.3 Å². The molecule has 0 heterocycles. The van der Waals surface area contributed by atoms with E-state index >= 15 is 0 Å². The maximum Gasteiger partial charge on any atom is 0.144 e. The molecule has 7 rings (SSSR count). The van der Waals surface area contributed by atoms with Gasteiger partial charge in [-0.15, -0.1) is 0 Å². The third kappa shape index (κ3) is 6.10. The Morgan fingerprint density at radius 3 is 1.00 bits per heavy atom. The molecular weight excluding hydrogens is 571 g/mol. The first-order chi connectivity index (χ1) is 22.8. The van der Waals surface area contributed by atoms with E-state index in [0.29, 0.717) is 0 Å². The molecule has 0 aromatic heterocycles. The van der Waals surface area contributed by atoms with Gasteiger partial charge in [-0.3, -0.25) is 0 Å². The second-order valence-corrected chi connectivity index (χ2v) is 15.2. The van der Waals surface area contributed by atoms with Crippen LogP contribution in [0.1, 0.15) is 33.4 Å². The first kappa shape index (κ1) is 29.7. The van der Waals surface area contributed by atoms with Crippen molar-refractivity contribution in [1.29, 1.82) is 0 Å².